The Morgan fingerprint density at radius 2 is 1.61 bits per heavy atom. The van der Waals surface area contributed by atoms with E-state index >= 15 is 0 Å². The van der Waals surface area contributed by atoms with Gasteiger partial charge in [-0.1, -0.05) is 23.7 Å². The topological polar surface area (TPSA) is 42.0 Å². The predicted octanol–water partition coefficient (Wildman–Crippen LogP) is 5.07. The van der Waals surface area contributed by atoms with E-state index in [0.29, 0.717) is 6.42 Å². The van der Waals surface area contributed by atoms with Crippen molar-refractivity contribution >= 4 is 17.4 Å². The number of halogens is 1. The van der Waals surface area contributed by atoms with E-state index in [0.717, 1.165) is 94.5 Å². The Labute approximate surface area is 202 Å². The van der Waals surface area contributed by atoms with Gasteiger partial charge in [0.25, 0.3) is 0 Å². The van der Waals surface area contributed by atoms with Gasteiger partial charge in [-0.15, -0.1) is 0 Å². The molecule has 0 aliphatic carbocycles. The van der Waals surface area contributed by atoms with Gasteiger partial charge < -0.3 is 9.47 Å². The first-order valence-electron chi connectivity index (χ1n) is 12.2. The van der Waals surface area contributed by atoms with E-state index in [1.165, 1.54) is 5.56 Å². The molecule has 0 radical (unpaired) electrons. The van der Waals surface area contributed by atoms with Crippen LogP contribution in [0.25, 0.3) is 0 Å². The van der Waals surface area contributed by atoms with Crippen molar-refractivity contribution in [3.8, 4) is 5.75 Å². The lowest BCUT2D eigenvalue weighted by Gasteiger charge is -2.32. The number of rotatable bonds is 10. The van der Waals surface area contributed by atoms with E-state index in [-0.39, 0.29) is 11.9 Å². The number of unbranched alkanes of at least 4 members (excludes halogenated alkanes) is 1. The highest BCUT2D eigenvalue weighted by atomic mass is 35.5. The molecule has 0 N–H and O–H groups in total. The minimum Gasteiger partial charge on any atom is -0.490 e. The van der Waals surface area contributed by atoms with Crippen LogP contribution in [-0.2, 0) is 11.3 Å². The minimum atomic E-state index is 0.221. The highest BCUT2D eigenvalue weighted by molar-refractivity contribution is 6.30. The summed E-state index contributed by atoms with van der Waals surface area (Å²) in [6.07, 6.45) is 4.85. The molecule has 2 heterocycles. The molecule has 0 aromatic heterocycles. The van der Waals surface area contributed by atoms with Crippen molar-refractivity contribution in [1.29, 1.82) is 0 Å². The molecule has 0 saturated carbocycles. The predicted molar refractivity (Wildman–Crippen MR) is 132 cm³/mol. The van der Waals surface area contributed by atoms with Crippen LogP contribution in [0.5, 0.6) is 5.75 Å². The van der Waals surface area contributed by atoms with Crippen LogP contribution >= 0.6 is 11.6 Å². The number of ether oxygens (including phenoxy) is 2. The minimum absolute atomic E-state index is 0.221. The molecular formula is C27H35ClN2O3. The summed E-state index contributed by atoms with van der Waals surface area (Å²) in [6.45, 7) is 7.73. The number of hydrogen-bond acceptors (Lipinski definition) is 5. The first-order valence-corrected chi connectivity index (χ1v) is 12.6. The first kappa shape index (κ1) is 24.2. The summed E-state index contributed by atoms with van der Waals surface area (Å²) in [5.41, 5.74) is 2.08. The van der Waals surface area contributed by atoms with Crippen LogP contribution in [0, 0.1) is 0 Å². The number of benzene rings is 2. The summed E-state index contributed by atoms with van der Waals surface area (Å²) >= 11 is 5.98. The van der Waals surface area contributed by atoms with E-state index in [9.17, 15) is 4.79 Å². The average Bonchev–Trinajstić information content (AvgIpc) is 2.85. The van der Waals surface area contributed by atoms with Crippen LogP contribution in [0.2, 0.25) is 5.02 Å². The molecule has 33 heavy (non-hydrogen) atoms. The molecule has 2 aromatic carbocycles. The summed E-state index contributed by atoms with van der Waals surface area (Å²) in [6, 6.07) is 15.8. The molecule has 2 saturated heterocycles. The maximum atomic E-state index is 12.5. The van der Waals surface area contributed by atoms with Gasteiger partial charge >= 0.3 is 0 Å². The molecular weight excluding hydrogens is 436 g/mol. The summed E-state index contributed by atoms with van der Waals surface area (Å²) in [5, 5.41) is 0.780. The zero-order chi connectivity index (χ0) is 22.9. The molecule has 5 nitrogen and oxygen atoms in total. The van der Waals surface area contributed by atoms with Crippen molar-refractivity contribution in [2.24, 2.45) is 0 Å². The zero-order valence-corrected chi connectivity index (χ0v) is 20.1. The van der Waals surface area contributed by atoms with Crippen LogP contribution < -0.4 is 4.74 Å². The zero-order valence-electron chi connectivity index (χ0n) is 19.4. The Morgan fingerprint density at radius 1 is 0.909 bits per heavy atom. The number of piperidine rings is 1. The van der Waals surface area contributed by atoms with Crippen LogP contribution in [0.3, 0.4) is 0 Å². The van der Waals surface area contributed by atoms with Gasteiger partial charge in [-0.2, -0.15) is 0 Å². The normalized spacial score (nSPS) is 18.3. The smallest absolute Gasteiger partial charge is 0.162 e. The second kappa shape index (κ2) is 12.5. The molecule has 0 spiro atoms. The monoisotopic (exact) mass is 470 g/mol. The third-order valence-corrected chi connectivity index (χ3v) is 6.82. The second-order valence-electron chi connectivity index (χ2n) is 9.08. The van der Waals surface area contributed by atoms with Gasteiger partial charge in [0.15, 0.2) is 5.78 Å². The molecule has 0 unspecified atom stereocenters. The van der Waals surface area contributed by atoms with Crippen molar-refractivity contribution in [3.05, 3.63) is 64.7 Å². The average molecular weight is 471 g/mol. The van der Waals surface area contributed by atoms with Crippen molar-refractivity contribution in [3.63, 3.8) is 0 Å². The molecule has 2 fully saturated rings. The molecule has 4 rings (SSSR count). The lowest BCUT2D eigenvalue weighted by molar-refractivity contribution is 0.0371. The molecule has 2 aromatic rings. The number of Topliss-reactive ketones (excluding diaryl/α,β-unsaturated/α-hetero) is 1. The van der Waals surface area contributed by atoms with Gasteiger partial charge in [0.1, 0.15) is 11.9 Å². The SMILES string of the molecule is O=C(CCCCN1CCOCC1)c1ccc(OC2CCN(Cc3ccc(Cl)cc3)CC2)cc1. The summed E-state index contributed by atoms with van der Waals surface area (Å²) in [7, 11) is 0. The van der Waals surface area contributed by atoms with E-state index < -0.39 is 0 Å². The Morgan fingerprint density at radius 3 is 2.30 bits per heavy atom. The van der Waals surface area contributed by atoms with E-state index in [1.807, 2.05) is 36.4 Å². The number of morpholine rings is 1. The lowest BCUT2D eigenvalue weighted by Crippen LogP contribution is -2.37. The fourth-order valence-corrected chi connectivity index (χ4v) is 4.66. The lowest BCUT2D eigenvalue weighted by atomic mass is 10.0. The van der Waals surface area contributed by atoms with Crippen LogP contribution in [0.15, 0.2) is 48.5 Å². The van der Waals surface area contributed by atoms with Crippen molar-refractivity contribution in [1.82, 2.24) is 9.80 Å². The number of likely N-dealkylation sites (tertiary alicyclic amines) is 1. The van der Waals surface area contributed by atoms with Crippen LogP contribution in [0.1, 0.15) is 48.0 Å². The summed E-state index contributed by atoms with van der Waals surface area (Å²) in [4.78, 5) is 17.4. The third kappa shape index (κ3) is 7.82. The van der Waals surface area contributed by atoms with Gasteiger partial charge in [0.05, 0.1) is 13.2 Å². The number of hydrogen-bond donors (Lipinski definition) is 0. The highest BCUT2D eigenvalue weighted by Gasteiger charge is 2.21. The molecule has 178 valence electrons. The molecule has 0 bridgehead atoms. The molecule has 2 aliphatic heterocycles. The fourth-order valence-electron chi connectivity index (χ4n) is 4.54. The van der Waals surface area contributed by atoms with Gasteiger partial charge in [-0.25, -0.2) is 0 Å². The summed E-state index contributed by atoms with van der Waals surface area (Å²) in [5.74, 6) is 1.08. The maximum Gasteiger partial charge on any atom is 0.162 e. The Bertz CT molecular complexity index is 858. The Balaban J connectivity index is 1.14. The number of nitrogens with zero attached hydrogens (tertiary/aromatic N) is 2. The Hall–Kier alpha value is -1.92. The van der Waals surface area contributed by atoms with Gasteiger partial charge in [-0.05, 0) is 74.2 Å². The molecule has 0 atom stereocenters. The Kier molecular flexibility index (Phi) is 9.18. The second-order valence-corrected chi connectivity index (χ2v) is 9.51. The van der Waals surface area contributed by atoms with E-state index in [1.54, 1.807) is 0 Å². The third-order valence-electron chi connectivity index (χ3n) is 6.56. The highest BCUT2D eigenvalue weighted by Crippen LogP contribution is 2.22. The first-order chi connectivity index (χ1) is 16.2. The number of ketones is 1. The fraction of sp³-hybridized carbons (Fsp3) is 0.519. The van der Waals surface area contributed by atoms with Gasteiger partial charge in [-0.3, -0.25) is 14.6 Å². The van der Waals surface area contributed by atoms with Crippen molar-refractivity contribution in [2.75, 3.05) is 45.9 Å². The van der Waals surface area contributed by atoms with Crippen molar-refractivity contribution in [2.45, 2.75) is 44.8 Å². The van der Waals surface area contributed by atoms with E-state index in [4.69, 9.17) is 21.1 Å². The molecule has 6 heteroatoms. The van der Waals surface area contributed by atoms with E-state index in [2.05, 4.69) is 21.9 Å². The summed E-state index contributed by atoms with van der Waals surface area (Å²) < 4.78 is 11.6. The maximum absolute atomic E-state index is 12.5. The van der Waals surface area contributed by atoms with Gasteiger partial charge in [0.2, 0.25) is 0 Å². The largest absolute Gasteiger partial charge is 0.490 e. The number of carbonyl (C=O) groups excluding carboxylic acids is 1. The molecule has 0 amide bonds. The standard InChI is InChI=1S/C27H35ClN2O3/c28-24-8-4-22(5-9-24)21-30-15-12-26(13-16-30)33-25-10-6-23(7-11-25)27(31)3-1-2-14-29-17-19-32-20-18-29/h4-11,26H,1-3,12-21H2. The van der Waals surface area contributed by atoms with Crippen LogP contribution in [0.4, 0.5) is 0 Å². The van der Waals surface area contributed by atoms with Crippen molar-refractivity contribution < 1.29 is 14.3 Å². The molecule has 2 aliphatic rings. The van der Waals surface area contributed by atoms with Crippen LogP contribution in [-0.4, -0.2) is 67.6 Å². The quantitative estimate of drug-likeness (QED) is 0.358. The van der Waals surface area contributed by atoms with Gasteiger partial charge in [0, 0.05) is 49.7 Å². The number of carbonyl (C=O) groups is 1.